The minimum Gasteiger partial charge on any atom is -1.00 e. The van der Waals surface area contributed by atoms with E-state index in [1.807, 2.05) is 78.9 Å². The number of azo groups is 1. The van der Waals surface area contributed by atoms with Crippen LogP contribution in [0.1, 0.15) is 5.56 Å². The number of hydrazone groups is 1. The molecule has 0 aromatic heterocycles. The third-order valence-corrected chi connectivity index (χ3v) is 3.49. The van der Waals surface area contributed by atoms with Crippen molar-refractivity contribution in [1.82, 2.24) is 0 Å². The van der Waals surface area contributed by atoms with Gasteiger partial charge in [-0.1, -0.05) is 23.3 Å². The molecule has 8 heteroatoms. The van der Waals surface area contributed by atoms with Gasteiger partial charge in [-0.3, -0.25) is 0 Å². The molecule has 6 nitrogen and oxygen atoms in total. The number of nitrogen functional groups attached to an aromatic ring is 2. The van der Waals surface area contributed by atoms with Crippen LogP contribution in [0.5, 0.6) is 0 Å². The van der Waals surface area contributed by atoms with E-state index in [1.54, 1.807) is 0 Å². The first-order valence-corrected chi connectivity index (χ1v) is 7.83. The van der Waals surface area contributed by atoms with E-state index in [0.717, 1.165) is 16.9 Å². The van der Waals surface area contributed by atoms with Crippen LogP contribution in [-0.4, -0.2) is 5.84 Å². The van der Waals surface area contributed by atoms with Crippen molar-refractivity contribution in [2.75, 3.05) is 16.9 Å². The molecule has 3 aromatic carbocycles. The fourth-order valence-electron chi connectivity index (χ4n) is 2.14. The van der Waals surface area contributed by atoms with E-state index < -0.39 is 0 Å². The number of nitrogens with one attached hydrogen (secondary N) is 3. The Hall–Kier alpha value is -3.09. The zero-order valence-electron chi connectivity index (χ0n) is 14.4. The second-order valence-electron chi connectivity index (χ2n) is 5.43. The molecule has 0 saturated heterocycles. The van der Waals surface area contributed by atoms with Crippen molar-refractivity contribution in [3.8, 4) is 0 Å². The van der Waals surface area contributed by atoms with E-state index in [9.17, 15) is 0 Å². The van der Waals surface area contributed by atoms with Crippen LogP contribution >= 0.6 is 0 Å². The van der Waals surface area contributed by atoms with Gasteiger partial charge < -0.3 is 36.3 Å². The van der Waals surface area contributed by atoms with Gasteiger partial charge in [0.05, 0.1) is 5.69 Å². The summed E-state index contributed by atoms with van der Waals surface area (Å²) >= 11 is 0. The first kappa shape index (κ1) is 22.0. The number of benzene rings is 3. The maximum absolute atomic E-state index is 5.71. The minimum absolute atomic E-state index is 0. The zero-order chi connectivity index (χ0) is 17.5. The molecular weight excluding hydrogens is 383 g/mol. The number of hydrazine groups is 1. The van der Waals surface area contributed by atoms with Crippen LogP contribution in [0.15, 0.2) is 84.0 Å². The van der Waals surface area contributed by atoms with Crippen LogP contribution in [-0.2, 0) is 0 Å². The largest absolute Gasteiger partial charge is 1.00 e. The lowest BCUT2D eigenvalue weighted by atomic mass is 10.2. The summed E-state index contributed by atoms with van der Waals surface area (Å²) < 4.78 is 0. The minimum atomic E-state index is 0. The monoisotopic (exact) mass is 402 g/mol. The van der Waals surface area contributed by atoms with Crippen molar-refractivity contribution < 1.29 is 35.0 Å². The Morgan fingerprint density at radius 3 is 1.89 bits per heavy atom. The summed E-state index contributed by atoms with van der Waals surface area (Å²) in [5.41, 5.74) is 18.6. The molecule has 0 aliphatic rings. The van der Waals surface area contributed by atoms with Crippen LogP contribution in [0.2, 0.25) is 0 Å². The Bertz CT molecular complexity index is 878. The number of rotatable bonds is 4. The normalized spacial score (nSPS) is 10.7. The fourth-order valence-corrected chi connectivity index (χ4v) is 2.14. The molecule has 0 spiro atoms. The molecule has 7 N–H and O–H groups in total. The Balaban J connectivity index is 0.00000182. The van der Waals surface area contributed by atoms with Crippen LogP contribution < -0.4 is 51.9 Å². The van der Waals surface area contributed by atoms with Crippen molar-refractivity contribution >= 4 is 28.6 Å². The van der Waals surface area contributed by atoms with Gasteiger partial charge in [0.15, 0.2) is 0 Å². The molecule has 0 atom stereocenters. The van der Waals surface area contributed by atoms with Gasteiger partial charge >= 0.3 is 5.84 Å². The predicted octanol–water partition coefficient (Wildman–Crippen LogP) is -5.42. The molecule has 27 heavy (non-hydrogen) atoms. The zero-order valence-corrected chi connectivity index (χ0v) is 15.9. The molecule has 0 radical (unpaired) electrons. The molecule has 0 aliphatic carbocycles. The van der Waals surface area contributed by atoms with Crippen molar-refractivity contribution in [2.24, 2.45) is 5.11 Å². The highest BCUT2D eigenvalue weighted by Gasteiger charge is 2.16. The van der Waals surface area contributed by atoms with E-state index in [1.165, 1.54) is 0 Å². The highest BCUT2D eigenvalue weighted by Crippen LogP contribution is 2.11. The number of nitrogens with two attached hydrogens (primary N) is 2. The van der Waals surface area contributed by atoms with E-state index in [0.29, 0.717) is 17.2 Å². The highest BCUT2D eigenvalue weighted by molar-refractivity contribution is 5.86. The molecule has 0 unspecified atom stereocenters. The van der Waals surface area contributed by atoms with Gasteiger partial charge in [0.25, 0.3) is 0 Å². The Kier molecular flexibility index (Phi) is 8.78. The van der Waals surface area contributed by atoms with Crippen LogP contribution in [0.3, 0.4) is 0 Å². The summed E-state index contributed by atoms with van der Waals surface area (Å²) in [6.45, 7) is 0. The van der Waals surface area contributed by atoms with E-state index in [4.69, 9.17) is 11.5 Å². The molecule has 0 bridgehead atoms. The number of nitrogens with zero attached hydrogens (tertiary/aromatic N) is 1. The summed E-state index contributed by atoms with van der Waals surface area (Å²) in [5, 5.41) is 10.6. The Morgan fingerprint density at radius 1 is 0.741 bits per heavy atom. The lowest BCUT2D eigenvalue weighted by Crippen LogP contribution is -3.00. The van der Waals surface area contributed by atoms with Gasteiger partial charge in [0.2, 0.25) is 0 Å². The summed E-state index contributed by atoms with van der Waals surface area (Å²) in [6, 6.07) is 24.6. The third kappa shape index (κ3) is 6.62. The number of anilines is 3. The van der Waals surface area contributed by atoms with Crippen LogP contribution in [0.25, 0.3) is 0 Å². The molecule has 0 fully saturated rings. The van der Waals surface area contributed by atoms with Gasteiger partial charge in [-0.05, 0) is 65.8 Å². The SMILES string of the molecule is Nc1ccc(N=[NH+]/C(=[NH+]\Nc2ccc(N)cc2)c2ccccc2)cc1.[Cl-].[Cl-]. The molecule has 3 rings (SSSR count). The average Bonchev–Trinajstić information content (AvgIpc) is 2.65. The molecule has 3 aromatic rings. The third-order valence-electron chi connectivity index (χ3n) is 3.49. The molecule has 0 aliphatic heterocycles. The van der Waals surface area contributed by atoms with Crippen molar-refractivity contribution in [2.45, 2.75) is 0 Å². The topological polar surface area (TPSA) is 104 Å². The summed E-state index contributed by atoms with van der Waals surface area (Å²) in [7, 11) is 0. The predicted molar refractivity (Wildman–Crippen MR) is 99.9 cm³/mol. The van der Waals surface area contributed by atoms with Gasteiger partial charge in [-0.15, -0.1) is 0 Å². The Morgan fingerprint density at radius 2 is 1.30 bits per heavy atom. The summed E-state index contributed by atoms with van der Waals surface area (Å²) in [6.07, 6.45) is 0. The van der Waals surface area contributed by atoms with Gasteiger partial charge in [0, 0.05) is 16.5 Å². The van der Waals surface area contributed by atoms with Gasteiger partial charge in [0.1, 0.15) is 11.3 Å². The lowest BCUT2D eigenvalue weighted by molar-refractivity contribution is -0.521. The second kappa shape index (κ2) is 10.8. The molecule has 0 saturated carbocycles. The summed E-state index contributed by atoms with van der Waals surface area (Å²) in [4.78, 5) is 0. The van der Waals surface area contributed by atoms with E-state index >= 15 is 0 Å². The highest BCUT2D eigenvalue weighted by atomic mass is 35.5. The first-order valence-electron chi connectivity index (χ1n) is 7.83. The standard InChI is InChI=1S/C19H18N6.2ClH/c20-15-6-10-17(11-7-15)22-24-19(14-4-2-1-3-5-14)25-23-18-12-8-16(21)9-13-18;;/h1-13,22H,20-21H2;2*1H/b24-19-,25-23?;;. The molecule has 140 valence electrons. The fraction of sp³-hybridized carbons (Fsp3) is 0. The second-order valence-corrected chi connectivity index (χ2v) is 5.43. The Labute approximate surface area is 170 Å². The van der Waals surface area contributed by atoms with E-state index in [2.05, 4.69) is 20.8 Å². The smallest absolute Gasteiger partial charge is 0.495 e. The molecule has 0 amide bonds. The number of amidine groups is 1. The molecular formula is C19H20Cl2N6. The maximum Gasteiger partial charge on any atom is 0.495 e. The first-order chi connectivity index (χ1) is 12.2. The van der Waals surface area contributed by atoms with Gasteiger partial charge in [-0.25, -0.2) is 0 Å². The van der Waals surface area contributed by atoms with Crippen molar-refractivity contribution in [3.63, 3.8) is 0 Å². The van der Waals surface area contributed by atoms with Crippen LogP contribution in [0.4, 0.5) is 22.7 Å². The summed E-state index contributed by atoms with van der Waals surface area (Å²) in [5.74, 6) is 0.717. The van der Waals surface area contributed by atoms with E-state index in [-0.39, 0.29) is 24.8 Å². The number of halogens is 2. The van der Waals surface area contributed by atoms with Crippen molar-refractivity contribution in [3.05, 3.63) is 84.4 Å². The number of hydrogen-bond acceptors (Lipinski definition) is 4. The average molecular weight is 403 g/mol. The van der Waals surface area contributed by atoms with Crippen LogP contribution in [0, 0.1) is 0 Å². The van der Waals surface area contributed by atoms with Gasteiger partial charge in [-0.2, -0.15) is 5.43 Å². The molecule has 0 heterocycles. The maximum atomic E-state index is 5.71. The quantitative estimate of drug-likeness (QED) is 0.0988. The number of hydrogen-bond donors (Lipinski definition) is 5. The van der Waals surface area contributed by atoms with Crippen molar-refractivity contribution in [1.29, 1.82) is 0 Å². The lowest BCUT2D eigenvalue weighted by Gasteiger charge is -1.96.